The van der Waals surface area contributed by atoms with E-state index in [9.17, 15) is 19.0 Å². The molecule has 0 spiro atoms. The maximum Gasteiger partial charge on any atom is 0.472 e. The summed E-state index contributed by atoms with van der Waals surface area (Å²) in [6.07, 6.45) is 55.2. The zero-order valence-corrected chi connectivity index (χ0v) is 41.8. The van der Waals surface area contributed by atoms with Gasteiger partial charge < -0.3 is 25.2 Å². The van der Waals surface area contributed by atoms with Crippen molar-refractivity contribution in [2.24, 2.45) is 5.73 Å². The van der Waals surface area contributed by atoms with Crippen LogP contribution in [0.3, 0.4) is 0 Å². The Kier molecular flexibility index (Phi) is 47.2. The van der Waals surface area contributed by atoms with Gasteiger partial charge in [-0.2, -0.15) is 0 Å². The number of rotatable bonds is 51. The minimum atomic E-state index is -4.62. The van der Waals surface area contributed by atoms with Gasteiger partial charge >= 0.3 is 19.8 Å². The van der Waals surface area contributed by atoms with Crippen LogP contribution in [0.5, 0.6) is 0 Å². The summed E-state index contributed by atoms with van der Waals surface area (Å²) in [5.41, 5.74) is 5.38. The summed E-state index contributed by atoms with van der Waals surface area (Å²) in [4.78, 5) is 33.7. The third-order valence-corrected chi connectivity index (χ3v) is 12.7. The number of allylic oxidation sites excluding steroid dienone is 4. The number of carboxylic acid groups (broad SMARTS) is 1. The molecule has 0 rings (SSSR count). The summed E-state index contributed by atoms with van der Waals surface area (Å²) in [7, 11) is -4.62. The SMILES string of the molecule is CCCCCC/C=C\C/C=C\CCCCCCCCCCOCC(COP(=O)(O)OCC(N)C(=O)O)OC(=O)CCCCCCCCCCCCCCCCCCCCCCCC. The number of phosphoric acid groups is 1. The Morgan fingerprint density at radius 3 is 1.30 bits per heavy atom. The van der Waals surface area contributed by atoms with Crippen LogP contribution in [0.25, 0.3) is 0 Å². The average Bonchev–Trinajstić information content (AvgIpc) is 3.26. The van der Waals surface area contributed by atoms with Crippen molar-refractivity contribution < 1.29 is 42.7 Å². The Labute approximate surface area is 387 Å². The number of carboxylic acids is 1. The highest BCUT2D eigenvalue weighted by atomic mass is 31.2. The van der Waals surface area contributed by atoms with Crippen LogP contribution >= 0.6 is 7.82 Å². The van der Waals surface area contributed by atoms with E-state index in [4.69, 9.17) is 29.4 Å². The molecule has 3 unspecified atom stereocenters. The lowest BCUT2D eigenvalue weighted by molar-refractivity contribution is -0.154. The Morgan fingerprint density at radius 2 is 0.873 bits per heavy atom. The summed E-state index contributed by atoms with van der Waals surface area (Å²) in [6.45, 7) is 3.91. The molecule has 0 saturated carbocycles. The third kappa shape index (κ3) is 48.2. The highest BCUT2D eigenvalue weighted by molar-refractivity contribution is 7.47. The van der Waals surface area contributed by atoms with Crippen LogP contribution in [0.2, 0.25) is 0 Å². The van der Waals surface area contributed by atoms with Crippen molar-refractivity contribution in [1.82, 2.24) is 0 Å². The Morgan fingerprint density at radius 1 is 0.508 bits per heavy atom. The smallest absolute Gasteiger partial charge is 0.472 e. The molecular weight excluding hydrogens is 814 g/mol. The summed E-state index contributed by atoms with van der Waals surface area (Å²) < 4.78 is 33.5. The van der Waals surface area contributed by atoms with Crippen molar-refractivity contribution in [3.05, 3.63) is 24.3 Å². The fourth-order valence-electron chi connectivity index (χ4n) is 7.64. The maximum atomic E-state index is 12.7. The standard InChI is InChI=1S/C52H100NO9P/c1-3-5-7-9-11-13-15-17-19-21-23-24-25-26-28-30-32-34-36-38-40-42-44-51(54)62-49(47-60-63(57,58)61-48-50(53)52(55)56)46-59-45-43-41-39-37-35-33-31-29-27-22-20-18-16-14-12-10-8-6-4-2/h14,16,20,22,49-50H,3-13,15,17-19,21,23-48,53H2,1-2H3,(H,55,56)(H,57,58)/b16-14-,22-20-. The van der Waals surface area contributed by atoms with E-state index < -0.39 is 45.1 Å². The van der Waals surface area contributed by atoms with Gasteiger partial charge in [0.2, 0.25) is 0 Å². The molecule has 0 aliphatic rings. The number of hydrogen-bond donors (Lipinski definition) is 3. The molecule has 372 valence electrons. The molecule has 3 atom stereocenters. The van der Waals surface area contributed by atoms with Gasteiger partial charge in [0, 0.05) is 13.0 Å². The molecule has 0 amide bonds. The van der Waals surface area contributed by atoms with Crippen LogP contribution in [-0.4, -0.2) is 60.5 Å². The summed E-state index contributed by atoms with van der Waals surface area (Å²) in [5.74, 6) is -1.77. The minimum Gasteiger partial charge on any atom is -0.480 e. The van der Waals surface area contributed by atoms with Gasteiger partial charge in [0.05, 0.1) is 19.8 Å². The number of phosphoric ester groups is 1. The fourth-order valence-corrected chi connectivity index (χ4v) is 8.42. The molecule has 0 bridgehead atoms. The van der Waals surface area contributed by atoms with Gasteiger partial charge in [-0.3, -0.25) is 18.6 Å². The number of unbranched alkanes of at least 4 members (excludes halogenated alkanes) is 33. The van der Waals surface area contributed by atoms with Crippen molar-refractivity contribution in [1.29, 1.82) is 0 Å². The van der Waals surface area contributed by atoms with Gasteiger partial charge in [-0.1, -0.05) is 231 Å². The molecule has 0 aliphatic heterocycles. The predicted octanol–water partition coefficient (Wildman–Crippen LogP) is 15.4. The first-order valence-electron chi connectivity index (χ1n) is 26.4. The number of esters is 1. The van der Waals surface area contributed by atoms with Crippen molar-refractivity contribution in [3.8, 4) is 0 Å². The summed E-state index contributed by atoms with van der Waals surface area (Å²) in [6, 6.07) is -1.47. The van der Waals surface area contributed by atoms with Crippen molar-refractivity contribution in [3.63, 3.8) is 0 Å². The number of carbonyl (C=O) groups excluding carboxylic acids is 1. The van der Waals surface area contributed by atoms with E-state index in [0.29, 0.717) is 6.61 Å². The molecule has 0 saturated heterocycles. The second kappa shape index (κ2) is 48.4. The van der Waals surface area contributed by atoms with Gasteiger partial charge in [0.1, 0.15) is 12.1 Å². The van der Waals surface area contributed by atoms with E-state index in [1.165, 1.54) is 186 Å². The van der Waals surface area contributed by atoms with Crippen LogP contribution in [0.4, 0.5) is 0 Å². The van der Waals surface area contributed by atoms with Crippen LogP contribution in [0.15, 0.2) is 24.3 Å². The van der Waals surface area contributed by atoms with Crippen LogP contribution in [0.1, 0.15) is 258 Å². The molecule has 0 radical (unpaired) electrons. The molecule has 10 nitrogen and oxygen atoms in total. The molecule has 4 N–H and O–H groups in total. The van der Waals surface area contributed by atoms with Gasteiger partial charge in [-0.15, -0.1) is 0 Å². The maximum absolute atomic E-state index is 12.7. The number of hydrogen-bond acceptors (Lipinski definition) is 8. The molecular formula is C52H100NO9P. The van der Waals surface area contributed by atoms with Crippen LogP contribution in [-0.2, 0) is 32.7 Å². The first-order valence-corrected chi connectivity index (χ1v) is 27.9. The monoisotopic (exact) mass is 914 g/mol. The van der Waals surface area contributed by atoms with Crippen LogP contribution < -0.4 is 5.73 Å². The largest absolute Gasteiger partial charge is 0.480 e. The lowest BCUT2D eigenvalue weighted by Gasteiger charge is -2.20. The molecule has 0 aliphatic carbocycles. The van der Waals surface area contributed by atoms with E-state index in [0.717, 1.165) is 51.4 Å². The number of ether oxygens (including phenoxy) is 2. The van der Waals surface area contributed by atoms with Crippen LogP contribution in [0, 0.1) is 0 Å². The Bertz CT molecular complexity index is 1100. The molecule has 0 aromatic heterocycles. The zero-order valence-electron chi connectivity index (χ0n) is 40.9. The topological polar surface area (TPSA) is 155 Å². The van der Waals surface area contributed by atoms with E-state index in [1.807, 2.05) is 0 Å². The van der Waals surface area contributed by atoms with Gasteiger partial charge in [-0.05, 0) is 44.9 Å². The molecule has 11 heteroatoms. The lowest BCUT2D eigenvalue weighted by Crippen LogP contribution is -2.34. The minimum absolute atomic E-state index is 0.0174. The van der Waals surface area contributed by atoms with Gasteiger partial charge in [-0.25, -0.2) is 4.57 Å². The fraction of sp³-hybridized carbons (Fsp3) is 0.885. The number of nitrogens with two attached hydrogens (primary N) is 1. The predicted molar refractivity (Wildman–Crippen MR) is 263 cm³/mol. The Balaban J connectivity index is 4.10. The molecule has 0 aromatic rings. The zero-order chi connectivity index (χ0) is 46.2. The number of carbonyl (C=O) groups is 2. The Hall–Kier alpha value is -1.55. The van der Waals surface area contributed by atoms with E-state index >= 15 is 0 Å². The molecule has 63 heavy (non-hydrogen) atoms. The second-order valence-electron chi connectivity index (χ2n) is 18.0. The molecule has 0 heterocycles. The average molecular weight is 914 g/mol. The summed E-state index contributed by atoms with van der Waals surface area (Å²) >= 11 is 0. The van der Waals surface area contributed by atoms with E-state index in [1.54, 1.807) is 0 Å². The normalized spacial score (nSPS) is 13.8. The summed E-state index contributed by atoms with van der Waals surface area (Å²) in [5, 5.41) is 8.93. The van der Waals surface area contributed by atoms with Crippen molar-refractivity contribution >= 4 is 19.8 Å². The first kappa shape index (κ1) is 61.5. The first-order chi connectivity index (χ1) is 30.7. The van der Waals surface area contributed by atoms with Crippen molar-refractivity contribution in [2.75, 3.05) is 26.4 Å². The second-order valence-corrected chi connectivity index (χ2v) is 19.5. The highest BCUT2D eigenvalue weighted by Gasteiger charge is 2.27. The molecule has 0 fully saturated rings. The van der Waals surface area contributed by atoms with E-state index in [2.05, 4.69) is 38.2 Å². The quantitative estimate of drug-likeness (QED) is 0.0232. The van der Waals surface area contributed by atoms with Gasteiger partial charge in [0.15, 0.2) is 0 Å². The molecule has 0 aromatic carbocycles. The highest BCUT2D eigenvalue weighted by Crippen LogP contribution is 2.43. The third-order valence-electron chi connectivity index (χ3n) is 11.7. The van der Waals surface area contributed by atoms with Crippen molar-refractivity contribution in [2.45, 2.75) is 270 Å². The lowest BCUT2D eigenvalue weighted by atomic mass is 10.0. The van der Waals surface area contributed by atoms with Gasteiger partial charge in [0.25, 0.3) is 0 Å². The van der Waals surface area contributed by atoms with E-state index in [-0.39, 0.29) is 13.0 Å². The number of aliphatic carboxylic acids is 1.